The Kier molecular flexibility index (Phi) is 4.19. The van der Waals surface area contributed by atoms with E-state index in [4.69, 9.17) is 4.74 Å². The minimum atomic E-state index is -0.251. The van der Waals surface area contributed by atoms with E-state index >= 15 is 0 Å². The fourth-order valence-corrected chi connectivity index (χ4v) is 2.94. The summed E-state index contributed by atoms with van der Waals surface area (Å²) in [4.78, 5) is 14.1. The molecular formula is C18H18FNO3. The van der Waals surface area contributed by atoms with Gasteiger partial charge in [0, 0.05) is 6.54 Å². The lowest BCUT2D eigenvalue weighted by Crippen LogP contribution is -2.41. The zero-order valence-corrected chi connectivity index (χ0v) is 12.8. The molecule has 0 fully saturated rings. The van der Waals surface area contributed by atoms with Crippen molar-refractivity contribution in [3.05, 3.63) is 59.4 Å². The van der Waals surface area contributed by atoms with E-state index < -0.39 is 0 Å². The van der Waals surface area contributed by atoms with Crippen molar-refractivity contribution in [2.45, 2.75) is 19.4 Å². The number of ether oxygens (including phenoxy) is 1. The number of hydrogen-bond acceptors (Lipinski definition) is 3. The van der Waals surface area contributed by atoms with E-state index in [-0.39, 0.29) is 35.9 Å². The molecule has 1 aliphatic rings. The highest BCUT2D eigenvalue weighted by molar-refractivity contribution is 5.78. The van der Waals surface area contributed by atoms with Crippen LogP contribution < -0.4 is 4.74 Å². The standard InChI is InChI=1S/C18H18FNO3/c1-12-15-7-6-14(19)10-13(15)8-9-20(12)18(22)11-23-17-5-3-2-4-16(17)21/h2-7,10,12,21H,8-9,11H2,1H3/t12-/m0/s1. The molecule has 0 saturated heterocycles. The molecule has 2 aromatic carbocycles. The zero-order valence-electron chi connectivity index (χ0n) is 12.8. The summed E-state index contributed by atoms with van der Waals surface area (Å²) in [5, 5.41) is 9.66. The number of aromatic hydroxyl groups is 1. The average molecular weight is 315 g/mol. The molecule has 120 valence electrons. The van der Waals surface area contributed by atoms with Crippen LogP contribution in [0.1, 0.15) is 24.1 Å². The van der Waals surface area contributed by atoms with Gasteiger partial charge in [0.05, 0.1) is 6.04 Å². The fraction of sp³-hybridized carbons (Fsp3) is 0.278. The number of halogens is 1. The van der Waals surface area contributed by atoms with Gasteiger partial charge in [-0.25, -0.2) is 4.39 Å². The van der Waals surface area contributed by atoms with Crippen molar-refractivity contribution in [3.8, 4) is 11.5 Å². The van der Waals surface area contributed by atoms with E-state index in [9.17, 15) is 14.3 Å². The van der Waals surface area contributed by atoms with Gasteiger partial charge in [-0.05, 0) is 48.7 Å². The van der Waals surface area contributed by atoms with Gasteiger partial charge in [-0.15, -0.1) is 0 Å². The highest BCUT2D eigenvalue weighted by atomic mass is 19.1. The number of fused-ring (bicyclic) bond motifs is 1. The lowest BCUT2D eigenvalue weighted by Gasteiger charge is -2.35. The number of benzene rings is 2. The normalized spacial score (nSPS) is 16.8. The van der Waals surface area contributed by atoms with Crippen molar-refractivity contribution in [2.75, 3.05) is 13.2 Å². The van der Waals surface area contributed by atoms with Crippen LogP contribution in [0.15, 0.2) is 42.5 Å². The first-order valence-electron chi connectivity index (χ1n) is 7.55. The Hall–Kier alpha value is -2.56. The molecule has 1 aliphatic heterocycles. The second kappa shape index (κ2) is 6.28. The second-order valence-electron chi connectivity index (χ2n) is 5.61. The molecule has 2 aromatic rings. The van der Waals surface area contributed by atoms with E-state index in [1.807, 2.05) is 6.92 Å². The molecule has 0 bridgehead atoms. The van der Waals surface area contributed by atoms with Crippen LogP contribution in [-0.4, -0.2) is 29.1 Å². The van der Waals surface area contributed by atoms with Crippen LogP contribution in [0.25, 0.3) is 0 Å². The first-order valence-corrected chi connectivity index (χ1v) is 7.55. The molecule has 0 aromatic heterocycles. The van der Waals surface area contributed by atoms with Crippen molar-refractivity contribution in [3.63, 3.8) is 0 Å². The van der Waals surface area contributed by atoms with Crippen LogP contribution in [0.3, 0.4) is 0 Å². The van der Waals surface area contributed by atoms with Gasteiger partial charge in [-0.1, -0.05) is 18.2 Å². The topological polar surface area (TPSA) is 49.8 Å². The Morgan fingerprint density at radius 2 is 2.13 bits per heavy atom. The summed E-state index contributed by atoms with van der Waals surface area (Å²) in [6, 6.07) is 11.1. The highest BCUT2D eigenvalue weighted by Gasteiger charge is 2.28. The summed E-state index contributed by atoms with van der Waals surface area (Å²) >= 11 is 0. The molecular weight excluding hydrogens is 297 g/mol. The molecule has 1 amide bonds. The van der Waals surface area contributed by atoms with Crippen LogP contribution in [0.2, 0.25) is 0 Å². The smallest absolute Gasteiger partial charge is 0.261 e. The summed E-state index contributed by atoms with van der Waals surface area (Å²) < 4.78 is 18.7. The third-order valence-electron chi connectivity index (χ3n) is 4.18. The number of hydrogen-bond donors (Lipinski definition) is 1. The lowest BCUT2D eigenvalue weighted by atomic mass is 9.93. The van der Waals surface area contributed by atoms with Crippen LogP contribution in [-0.2, 0) is 11.2 Å². The summed E-state index contributed by atoms with van der Waals surface area (Å²) in [5.74, 6) is -0.116. The molecule has 23 heavy (non-hydrogen) atoms. The largest absolute Gasteiger partial charge is 0.504 e. The van der Waals surface area contributed by atoms with Crippen LogP contribution in [0.5, 0.6) is 11.5 Å². The van der Waals surface area contributed by atoms with E-state index in [1.165, 1.54) is 18.2 Å². The van der Waals surface area contributed by atoms with E-state index in [1.54, 1.807) is 29.2 Å². The Morgan fingerprint density at radius 3 is 2.91 bits per heavy atom. The molecule has 3 rings (SSSR count). The number of para-hydroxylation sites is 2. The maximum absolute atomic E-state index is 13.3. The minimum absolute atomic E-state index is 0.00723. The molecule has 1 atom stereocenters. The fourth-order valence-electron chi connectivity index (χ4n) is 2.94. The molecule has 1 N–H and O–H groups in total. The Balaban J connectivity index is 1.69. The third-order valence-corrected chi connectivity index (χ3v) is 4.18. The van der Waals surface area contributed by atoms with Crippen molar-refractivity contribution < 1.29 is 19.0 Å². The number of carbonyl (C=O) groups is 1. The average Bonchev–Trinajstić information content (AvgIpc) is 2.54. The number of carbonyl (C=O) groups excluding carboxylic acids is 1. The molecule has 1 heterocycles. The van der Waals surface area contributed by atoms with Crippen LogP contribution in [0.4, 0.5) is 4.39 Å². The van der Waals surface area contributed by atoms with Gasteiger partial charge < -0.3 is 14.7 Å². The van der Waals surface area contributed by atoms with E-state index in [0.717, 1.165) is 11.1 Å². The Labute approximate surface area is 134 Å². The molecule has 0 unspecified atom stereocenters. The summed E-state index contributed by atoms with van der Waals surface area (Å²) in [7, 11) is 0. The molecule has 0 aliphatic carbocycles. The molecule has 0 spiro atoms. The van der Waals surface area contributed by atoms with Gasteiger partial charge in [-0.3, -0.25) is 4.79 Å². The van der Waals surface area contributed by atoms with Gasteiger partial charge >= 0.3 is 0 Å². The monoisotopic (exact) mass is 315 g/mol. The number of phenols is 1. The van der Waals surface area contributed by atoms with Gasteiger partial charge in [-0.2, -0.15) is 0 Å². The maximum Gasteiger partial charge on any atom is 0.261 e. The summed E-state index contributed by atoms with van der Waals surface area (Å²) in [5.41, 5.74) is 1.91. The van der Waals surface area contributed by atoms with E-state index in [0.29, 0.717) is 13.0 Å². The maximum atomic E-state index is 13.3. The predicted molar refractivity (Wildman–Crippen MR) is 83.8 cm³/mol. The number of rotatable bonds is 3. The Bertz CT molecular complexity index is 732. The molecule has 5 heteroatoms. The van der Waals surface area contributed by atoms with Gasteiger partial charge in [0.15, 0.2) is 18.1 Å². The molecule has 0 saturated carbocycles. The molecule has 4 nitrogen and oxygen atoms in total. The quantitative estimate of drug-likeness (QED) is 0.947. The Morgan fingerprint density at radius 1 is 1.35 bits per heavy atom. The van der Waals surface area contributed by atoms with Gasteiger partial charge in [0.2, 0.25) is 0 Å². The summed E-state index contributed by atoms with van der Waals surface area (Å²) in [6.07, 6.45) is 0.625. The first kappa shape index (κ1) is 15.3. The van der Waals surface area contributed by atoms with E-state index in [2.05, 4.69) is 0 Å². The number of amides is 1. The highest BCUT2D eigenvalue weighted by Crippen LogP contribution is 2.30. The zero-order chi connectivity index (χ0) is 16.4. The second-order valence-corrected chi connectivity index (χ2v) is 5.61. The van der Waals surface area contributed by atoms with Crippen LogP contribution in [0, 0.1) is 5.82 Å². The van der Waals surface area contributed by atoms with Gasteiger partial charge in [0.1, 0.15) is 5.82 Å². The first-order chi connectivity index (χ1) is 11.1. The van der Waals surface area contributed by atoms with Gasteiger partial charge in [0.25, 0.3) is 5.91 Å². The predicted octanol–water partition coefficient (Wildman–Crippen LogP) is 3.06. The van der Waals surface area contributed by atoms with Crippen molar-refractivity contribution in [1.82, 2.24) is 4.90 Å². The lowest BCUT2D eigenvalue weighted by molar-refractivity contribution is -0.136. The number of phenolic OH excluding ortho intramolecular Hbond substituents is 1. The van der Waals surface area contributed by atoms with Crippen molar-refractivity contribution in [2.24, 2.45) is 0 Å². The SMILES string of the molecule is C[C@H]1c2ccc(F)cc2CCN1C(=O)COc1ccccc1O. The number of nitrogens with zero attached hydrogens (tertiary/aromatic N) is 1. The minimum Gasteiger partial charge on any atom is -0.504 e. The molecule has 0 radical (unpaired) electrons. The van der Waals surface area contributed by atoms with Crippen LogP contribution >= 0.6 is 0 Å². The third kappa shape index (κ3) is 3.13. The van der Waals surface area contributed by atoms with Crippen molar-refractivity contribution in [1.29, 1.82) is 0 Å². The summed E-state index contributed by atoms with van der Waals surface area (Å²) in [6.45, 7) is 2.31. The van der Waals surface area contributed by atoms with Crippen molar-refractivity contribution >= 4 is 5.91 Å².